The van der Waals surface area contributed by atoms with Crippen LogP contribution in [0.15, 0.2) is 48.5 Å². The molecule has 0 unspecified atom stereocenters. The molecule has 0 spiro atoms. The summed E-state index contributed by atoms with van der Waals surface area (Å²) in [5.41, 5.74) is 1.50. The van der Waals surface area contributed by atoms with Crippen LogP contribution < -0.4 is 4.74 Å². The van der Waals surface area contributed by atoms with Gasteiger partial charge in [0, 0.05) is 21.2 Å². The second-order valence-corrected chi connectivity index (χ2v) is 5.84. The van der Waals surface area contributed by atoms with Gasteiger partial charge in [0.2, 0.25) is 0 Å². The highest BCUT2D eigenvalue weighted by atomic mass is 32.1. The molecule has 0 atom stereocenters. The summed E-state index contributed by atoms with van der Waals surface area (Å²) in [6.07, 6.45) is -4.41. The molecule has 0 bridgehead atoms. The molecule has 2 aromatic carbocycles. The number of alkyl halides is 3. The van der Waals surface area contributed by atoms with Crippen LogP contribution in [-0.4, -0.2) is 12.8 Å². The minimum absolute atomic E-state index is 0.172. The molecule has 0 fully saturated rings. The molecule has 2 nitrogen and oxygen atoms in total. The molecule has 0 N–H and O–H groups in total. The lowest BCUT2D eigenvalue weighted by atomic mass is 9.99. The maximum atomic E-state index is 12.5. The van der Waals surface area contributed by atoms with Gasteiger partial charge in [0.25, 0.3) is 0 Å². The van der Waals surface area contributed by atoms with Crippen LogP contribution in [0.3, 0.4) is 0 Å². The normalized spacial score (nSPS) is 11.4. The summed E-state index contributed by atoms with van der Waals surface area (Å²) in [5.74, 6) is 0. The molecule has 23 heavy (non-hydrogen) atoms. The predicted octanol–water partition coefficient (Wildman–Crippen LogP) is 5.38. The van der Waals surface area contributed by atoms with Crippen LogP contribution in [0.25, 0.3) is 21.2 Å². The largest absolute Gasteiger partial charge is 0.474 e. The number of fused-ring (bicyclic) bond motifs is 1. The van der Waals surface area contributed by atoms with Gasteiger partial charge in [-0.25, -0.2) is 0 Å². The predicted molar refractivity (Wildman–Crippen MR) is 83.5 cm³/mol. The molecule has 0 saturated heterocycles. The number of benzene rings is 2. The van der Waals surface area contributed by atoms with Crippen LogP contribution in [0.4, 0.5) is 13.2 Å². The first-order chi connectivity index (χ1) is 11.0. The van der Waals surface area contributed by atoms with E-state index in [1.807, 2.05) is 18.2 Å². The average molecular weight is 333 g/mol. The third kappa shape index (κ3) is 3.15. The number of nitriles is 1. The lowest BCUT2D eigenvalue weighted by Gasteiger charge is -2.10. The van der Waals surface area contributed by atoms with Crippen LogP contribution in [0.5, 0.6) is 5.06 Å². The fraction of sp³-hybridized carbons (Fsp3) is 0.118. The topological polar surface area (TPSA) is 33.0 Å². The molecular weight excluding hydrogens is 323 g/mol. The molecule has 116 valence electrons. The second-order valence-electron chi connectivity index (χ2n) is 4.82. The Morgan fingerprint density at radius 2 is 1.74 bits per heavy atom. The van der Waals surface area contributed by atoms with Crippen LogP contribution in [0.1, 0.15) is 5.56 Å². The van der Waals surface area contributed by atoms with E-state index in [-0.39, 0.29) is 5.06 Å². The van der Waals surface area contributed by atoms with Gasteiger partial charge in [0.1, 0.15) is 0 Å². The first-order valence-corrected chi connectivity index (χ1v) is 7.52. The third-order valence-electron chi connectivity index (χ3n) is 3.25. The smallest absolute Gasteiger partial charge is 0.422 e. The molecule has 0 radical (unpaired) electrons. The average Bonchev–Trinajstić information content (AvgIpc) is 2.90. The van der Waals surface area contributed by atoms with Crippen molar-refractivity contribution in [2.24, 2.45) is 0 Å². The summed E-state index contributed by atoms with van der Waals surface area (Å²) in [7, 11) is 0. The van der Waals surface area contributed by atoms with Crippen molar-refractivity contribution in [1.29, 1.82) is 5.26 Å². The monoisotopic (exact) mass is 333 g/mol. The zero-order valence-corrected chi connectivity index (χ0v) is 12.5. The Bertz CT molecular complexity index is 893. The first-order valence-electron chi connectivity index (χ1n) is 6.70. The van der Waals surface area contributed by atoms with Gasteiger partial charge >= 0.3 is 6.18 Å². The van der Waals surface area contributed by atoms with Gasteiger partial charge in [-0.2, -0.15) is 18.4 Å². The standard InChI is InChI=1S/C17H10F3NOS/c18-17(19,20)10-22-16-15(12-6-2-1-5-11(12)9-21)13-7-3-4-8-14(13)23-16/h1-8H,10H2. The molecule has 1 heterocycles. The van der Waals surface area contributed by atoms with Crippen LogP contribution in [0.2, 0.25) is 0 Å². The Morgan fingerprint density at radius 3 is 2.48 bits per heavy atom. The molecule has 1 aromatic heterocycles. The minimum Gasteiger partial charge on any atom is -0.474 e. The van der Waals surface area contributed by atoms with E-state index in [4.69, 9.17) is 4.74 Å². The Labute approximate surface area is 134 Å². The van der Waals surface area contributed by atoms with E-state index < -0.39 is 12.8 Å². The summed E-state index contributed by atoms with van der Waals surface area (Å²) in [5, 5.41) is 10.2. The maximum absolute atomic E-state index is 12.5. The van der Waals surface area contributed by atoms with Crippen molar-refractivity contribution in [3.63, 3.8) is 0 Å². The van der Waals surface area contributed by atoms with Crippen molar-refractivity contribution in [1.82, 2.24) is 0 Å². The molecular formula is C17H10F3NOS. The molecule has 0 amide bonds. The summed E-state index contributed by atoms with van der Waals surface area (Å²) >= 11 is 1.15. The summed E-state index contributed by atoms with van der Waals surface area (Å²) in [6, 6.07) is 16.1. The van der Waals surface area contributed by atoms with E-state index in [1.54, 1.807) is 30.3 Å². The Kier molecular flexibility index (Phi) is 3.97. The summed E-state index contributed by atoms with van der Waals surface area (Å²) in [4.78, 5) is 0. The zero-order chi connectivity index (χ0) is 16.4. The molecule has 0 aliphatic carbocycles. The van der Waals surface area contributed by atoms with Gasteiger partial charge in [0.05, 0.1) is 11.6 Å². The maximum Gasteiger partial charge on any atom is 0.422 e. The number of ether oxygens (including phenoxy) is 1. The van der Waals surface area contributed by atoms with Gasteiger partial charge in [-0.3, -0.25) is 0 Å². The van der Waals surface area contributed by atoms with Crippen molar-refractivity contribution >= 4 is 21.4 Å². The minimum atomic E-state index is -4.41. The van der Waals surface area contributed by atoms with E-state index in [2.05, 4.69) is 6.07 Å². The number of thiophene rings is 1. The molecule has 3 rings (SSSR count). The van der Waals surface area contributed by atoms with Gasteiger partial charge in [-0.05, 0) is 12.1 Å². The Balaban J connectivity index is 2.19. The highest BCUT2D eigenvalue weighted by Gasteiger charge is 2.30. The quantitative estimate of drug-likeness (QED) is 0.644. The molecule has 0 aliphatic heterocycles. The fourth-order valence-corrected chi connectivity index (χ4v) is 3.39. The first kappa shape index (κ1) is 15.4. The molecule has 3 aromatic rings. The zero-order valence-electron chi connectivity index (χ0n) is 11.7. The van der Waals surface area contributed by atoms with Crippen molar-refractivity contribution in [3.05, 3.63) is 54.1 Å². The molecule has 0 saturated carbocycles. The van der Waals surface area contributed by atoms with E-state index >= 15 is 0 Å². The van der Waals surface area contributed by atoms with E-state index in [0.717, 1.165) is 21.4 Å². The third-order valence-corrected chi connectivity index (χ3v) is 4.33. The number of hydrogen-bond acceptors (Lipinski definition) is 3. The number of halogens is 3. The van der Waals surface area contributed by atoms with E-state index in [0.29, 0.717) is 16.7 Å². The highest BCUT2D eigenvalue weighted by Crippen LogP contribution is 2.45. The van der Waals surface area contributed by atoms with Gasteiger partial charge in [-0.15, -0.1) is 0 Å². The van der Waals surface area contributed by atoms with Gasteiger partial charge < -0.3 is 4.74 Å². The van der Waals surface area contributed by atoms with E-state index in [1.165, 1.54) is 0 Å². The lowest BCUT2D eigenvalue weighted by Crippen LogP contribution is -2.19. The van der Waals surface area contributed by atoms with Crippen molar-refractivity contribution in [2.45, 2.75) is 6.18 Å². The Morgan fingerprint density at radius 1 is 1.04 bits per heavy atom. The second kappa shape index (κ2) is 5.94. The summed E-state index contributed by atoms with van der Waals surface area (Å²) < 4.78 is 43.3. The Hall–Kier alpha value is -2.52. The van der Waals surface area contributed by atoms with Crippen molar-refractivity contribution in [3.8, 4) is 22.3 Å². The van der Waals surface area contributed by atoms with Gasteiger partial charge in [-0.1, -0.05) is 47.7 Å². The summed E-state index contributed by atoms with van der Waals surface area (Å²) in [6.45, 7) is -1.36. The van der Waals surface area contributed by atoms with Crippen LogP contribution in [0, 0.1) is 11.3 Å². The van der Waals surface area contributed by atoms with Gasteiger partial charge in [0.15, 0.2) is 11.7 Å². The SMILES string of the molecule is N#Cc1ccccc1-c1c(OCC(F)(F)F)sc2ccccc12. The molecule has 6 heteroatoms. The van der Waals surface area contributed by atoms with Crippen molar-refractivity contribution in [2.75, 3.05) is 6.61 Å². The number of hydrogen-bond donors (Lipinski definition) is 0. The lowest BCUT2D eigenvalue weighted by molar-refractivity contribution is -0.152. The van der Waals surface area contributed by atoms with Crippen LogP contribution >= 0.6 is 11.3 Å². The number of nitrogens with zero attached hydrogens (tertiary/aromatic N) is 1. The fourth-order valence-electron chi connectivity index (χ4n) is 2.33. The highest BCUT2D eigenvalue weighted by molar-refractivity contribution is 7.21. The van der Waals surface area contributed by atoms with Crippen LogP contribution in [-0.2, 0) is 0 Å². The number of rotatable bonds is 3. The van der Waals surface area contributed by atoms with Crippen molar-refractivity contribution < 1.29 is 17.9 Å². The van der Waals surface area contributed by atoms with E-state index in [9.17, 15) is 18.4 Å². The molecule has 0 aliphatic rings.